The molecule has 0 saturated heterocycles. The van der Waals surface area contributed by atoms with Gasteiger partial charge in [-0.2, -0.15) is 10.2 Å². The third kappa shape index (κ3) is 4.11. The quantitative estimate of drug-likeness (QED) is 0.435. The largest absolute Gasteiger partial charge is 0.496 e. The van der Waals surface area contributed by atoms with E-state index < -0.39 is 0 Å². The molecule has 168 valence electrons. The summed E-state index contributed by atoms with van der Waals surface area (Å²) in [5.41, 5.74) is 3.15. The maximum absolute atomic E-state index is 13.0. The number of nitrogens with one attached hydrogen (secondary N) is 3. The van der Waals surface area contributed by atoms with Crippen LogP contribution in [0.1, 0.15) is 47.7 Å². The predicted molar refractivity (Wildman–Crippen MR) is 125 cm³/mol. The smallest absolute Gasteiger partial charge is 0.272 e. The number of carbonyl (C=O) groups excluding carboxylic acids is 1. The first-order chi connectivity index (χ1) is 16.1. The van der Waals surface area contributed by atoms with Crippen molar-refractivity contribution in [2.75, 3.05) is 7.11 Å². The molecule has 8 nitrogen and oxygen atoms in total. The highest BCUT2D eigenvalue weighted by molar-refractivity contribution is 5.97. The summed E-state index contributed by atoms with van der Waals surface area (Å²) in [6, 6.07) is 13.2. The van der Waals surface area contributed by atoms with Gasteiger partial charge in [0.1, 0.15) is 5.75 Å². The third-order valence-electron chi connectivity index (χ3n) is 6.45. The highest BCUT2D eigenvalue weighted by atomic mass is 16.5. The zero-order chi connectivity index (χ0) is 22.8. The van der Waals surface area contributed by atoms with Crippen molar-refractivity contribution < 1.29 is 9.53 Å². The van der Waals surface area contributed by atoms with E-state index in [0.717, 1.165) is 47.9 Å². The molecule has 2 aromatic heterocycles. The summed E-state index contributed by atoms with van der Waals surface area (Å²) in [5.74, 6) is 0.647. The Hall–Kier alpha value is -3.94. The van der Waals surface area contributed by atoms with E-state index in [2.05, 4.69) is 25.7 Å². The van der Waals surface area contributed by atoms with Crippen LogP contribution in [0.2, 0.25) is 0 Å². The molecule has 2 aromatic carbocycles. The van der Waals surface area contributed by atoms with E-state index in [9.17, 15) is 9.59 Å². The number of benzene rings is 2. The first-order valence-corrected chi connectivity index (χ1v) is 11.1. The van der Waals surface area contributed by atoms with E-state index in [-0.39, 0.29) is 23.4 Å². The molecule has 0 atom stereocenters. The molecule has 1 amide bonds. The van der Waals surface area contributed by atoms with E-state index in [0.29, 0.717) is 16.7 Å². The lowest BCUT2D eigenvalue weighted by molar-refractivity contribution is 0.0922. The van der Waals surface area contributed by atoms with Gasteiger partial charge in [0.2, 0.25) is 0 Å². The van der Waals surface area contributed by atoms with Gasteiger partial charge in [-0.15, -0.1) is 0 Å². The Labute approximate surface area is 190 Å². The van der Waals surface area contributed by atoms with Crippen LogP contribution >= 0.6 is 0 Å². The van der Waals surface area contributed by atoms with Crippen LogP contribution in [0.4, 0.5) is 0 Å². The second-order valence-corrected chi connectivity index (χ2v) is 8.41. The fourth-order valence-electron chi connectivity index (χ4n) is 4.69. The van der Waals surface area contributed by atoms with Gasteiger partial charge < -0.3 is 10.1 Å². The van der Waals surface area contributed by atoms with Crippen LogP contribution in [0.5, 0.6) is 5.75 Å². The van der Waals surface area contributed by atoms with Crippen molar-refractivity contribution in [2.24, 2.45) is 0 Å². The highest BCUT2D eigenvalue weighted by Crippen LogP contribution is 2.35. The van der Waals surface area contributed by atoms with E-state index in [1.54, 1.807) is 25.6 Å². The number of hydrogen-bond donors (Lipinski definition) is 3. The van der Waals surface area contributed by atoms with Gasteiger partial charge in [-0.3, -0.25) is 14.7 Å². The summed E-state index contributed by atoms with van der Waals surface area (Å²) in [4.78, 5) is 25.1. The summed E-state index contributed by atoms with van der Waals surface area (Å²) >= 11 is 0. The Balaban J connectivity index is 1.27. The molecule has 0 aliphatic heterocycles. The van der Waals surface area contributed by atoms with Crippen molar-refractivity contribution in [3.8, 4) is 16.9 Å². The normalized spacial score (nSPS) is 18.2. The van der Waals surface area contributed by atoms with Gasteiger partial charge in [0.15, 0.2) is 0 Å². The van der Waals surface area contributed by atoms with Crippen molar-refractivity contribution >= 4 is 16.7 Å². The maximum atomic E-state index is 13.0. The molecule has 5 rings (SSSR count). The van der Waals surface area contributed by atoms with E-state index in [1.807, 2.05) is 36.4 Å². The number of ether oxygens (including phenoxy) is 1. The molecule has 0 radical (unpaired) electrons. The molecule has 1 aliphatic carbocycles. The minimum Gasteiger partial charge on any atom is -0.496 e. The number of H-pyrrole nitrogens is 2. The second-order valence-electron chi connectivity index (χ2n) is 8.41. The molecule has 1 aliphatic rings. The van der Waals surface area contributed by atoms with Crippen LogP contribution in [0.3, 0.4) is 0 Å². The Morgan fingerprint density at radius 2 is 1.85 bits per heavy atom. The number of methoxy groups -OCH3 is 1. The second kappa shape index (κ2) is 8.90. The van der Waals surface area contributed by atoms with Gasteiger partial charge in [-0.05, 0) is 49.4 Å². The highest BCUT2D eigenvalue weighted by Gasteiger charge is 2.27. The average Bonchev–Trinajstić information content (AvgIpc) is 3.40. The molecule has 4 aromatic rings. The molecule has 2 heterocycles. The molecule has 3 N–H and O–H groups in total. The summed E-state index contributed by atoms with van der Waals surface area (Å²) in [6.45, 7) is 0. The summed E-state index contributed by atoms with van der Waals surface area (Å²) < 4.78 is 5.49. The number of hydrogen-bond acceptors (Lipinski definition) is 5. The van der Waals surface area contributed by atoms with E-state index in [4.69, 9.17) is 4.74 Å². The standard InChI is InChI=1S/C25H25N5O3/c1-33-22-12-16(17-13-26-27-14-17)8-11-21(22)24(31)28-18-9-6-15(7-10-18)23-19-4-2-3-5-20(19)25(32)30-29-23/h2-5,8,11-15,18H,6-7,9-10H2,1H3,(H,26,27)(H,28,31)(H,30,32). The molecule has 0 unspecified atom stereocenters. The third-order valence-corrected chi connectivity index (χ3v) is 6.45. The first-order valence-electron chi connectivity index (χ1n) is 11.1. The molecule has 1 fully saturated rings. The molecule has 1 saturated carbocycles. The van der Waals surface area contributed by atoms with Crippen molar-refractivity contribution in [3.05, 3.63) is 76.5 Å². The first kappa shape index (κ1) is 20.9. The van der Waals surface area contributed by atoms with Crippen LogP contribution in [-0.2, 0) is 0 Å². The average molecular weight is 444 g/mol. The number of aromatic amines is 2. The van der Waals surface area contributed by atoms with Crippen molar-refractivity contribution in [1.29, 1.82) is 0 Å². The van der Waals surface area contributed by atoms with Gasteiger partial charge in [-0.1, -0.05) is 24.3 Å². The molecule has 0 spiro atoms. The number of fused-ring (bicyclic) bond motifs is 1. The van der Waals surface area contributed by atoms with Crippen molar-refractivity contribution in [1.82, 2.24) is 25.7 Å². The Kier molecular flexibility index (Phi) is 5.64. The Morgan fingerprint density at radius 1 is 1.06 bits per heavy atom. The van der Waals surface area contributed by atoms with Crippen LogP contribution in [0, 0.1) is 0 Å². The van der Waals surface area contributed by atoms with Gasteiger partial charge >= 0.3 is 0 Å². The summed E-state index contributed by atoms with van der Waals surface area (Å²) in [7, 11) is 1.57. The lowest BCUT2D eigenvalue weighted by atomic mass is 9.82. The zero-order valence-electron chi connectivity index (χ0n) is 18.3. The molecule has 33 heavy (non-hydrogen) atoms. The zero-order valence-corrected chi connectivity index (χ0v) is 18.3. The van der Waals surface area contributed by atoms with Crippen LogP contribution in [0.25, 0.3) is 21.9 Å². The number of aromatic nitrogens is 4. The summed E-state index contributed by atoms with van der Waals surface area (Å²) in [5, 5.41) is 18.5. The SMILES string of the molecule is COc1cc(-c2cn[nH]c2)ccc1C(=O)NC1CCC(c2n[nH]c(=O)c3ccccc23)CC1. The number of carbonyl (C=O) groups is 1. The Morgan fingerprint density at radius 3 is 2.58 bits per heavy atom. The topological polar surface area (TPSA) is 113 Å². The minimum absolute atomic E-state index is 0.0843. The molecular formula is C25H25N5O3. The fourth-order valence-corrected chi connectivity index (χ4v) is 4.69. The van der Waals surface area contributed by atoms with E-state index >= 15 is 0 Å². The van der Waals surface area contributed by atoms with Gasteiger partial charge in [0, 0.05) is 29.1 Å². The number of nitrogens with zero attached hydrogens (tertiary/aromatic N) is 2. The van der Waals surface area contributed by atoms with Crippen LogP contribution < -0.4 is 15.6 Å². The fraction of sp³-hybridized carbons (Fsp3) is 0.280. The van der Waals surface area contributed by atoms with Gasteiger partial charge in [0.25, 0.3) is 11.5 Å². The molecule has 0 bridgehead atoms. The summed E-state index contributed by atoms with van der Waals surface area (Å²) in [6.07, 6.45) is 7.01. The minimum atomic E-state index is -0.164. The maximum Gasteiger partial charge on any atom is 0.272 e. The predicted octanol–water partition coefficient (Wildman–Crippen LogP) is 3.78. The van der Waals surface area contributed by atoms with Crippen molar-refractivity contribution in [3.63, 3.8) is 0 Å². The molecular weight excluding hydrogens is 418 g/mol. The molecule has 8 heteroatoms. The lowest BCUT2D eigenvalue weighted by Crippen LogP contribution is -2.37. The van der Waals surface area contributed by atoms with Crippen molar-refractivity contribution in [2.45, 2.75) is 37.6 Å². The van der Waals surface area contributed by atoms with Crippen LogP contribution in [-0.4, -0.2) is 39.5 Å². The van der Waals surface area contributed by atoms with E-state index in [1.165, 1.54) is 0 Å². The lowest BCUT2D eigenvalue weighted by Gasteiger charge is -2.29. The Bertz CT molecular complexity index is 1340. The number of amides is 1. The van der Waals surface area contributed by atoms with Gasteiger partial charge in [0.05, 0.1) is 30.0 Å². The number of rotatable bonds is 5. The van der Waals surface area contributed by atoms with Crippen LogP contribution in [0.15, 0.2) is 59.7 Å². The monoisotopic (exact) mass is 443 g/mol. The van der Waals surface area contributed by atoms with Gasteiger partial charge in [-0.25, -0.2) is 5.10 Å².